The van der Waals surface area contributed by atoms with E-state index in [1.165, 1.54) is 32.1 Å². The molecule has 0 heterocycles. The highest BCUT2D eigenvalue weighted by Crippen LogP contribution is 2.12. The van der Waals surface area contributed by atoms with E-state index in [9.17, 15) is 9.59 Å². The third-order valence-electron chi connectivity index (χ3n) is 4.70. The van der Waals surface area contributed by atoms with Gasteiger partial charge in [0.2, 0.25) is 0 Å². The number of imide groups is 1. The third-order valence-corrected chi connectivity index (χ3v) is 4.70. The van der Waals surface area contributed by atoms with Gasteiger partial charge in [-0.05, 0) is 44.7 Å². The number of unbranched alkanes of at least 4 members (excludes halogenated alkanes) is 7. The molecule has 1 aromatic carbocycles. The lowest BCUT2D eigenvalue weighted by atomic mass is 10.1. The Morgan fingerprint density at radius 3 is 2.18 bits per heavy atom. The van der Waals surface area contributed by atoms with Crippen molar-refractivity contribution in [3.05, 3.63) is 35.4 Å². The molecule has 1 rings (SSSR count). The molecule has 1 aromatic rings. The number of hydrogen-bond acceptors (Lipinski definition) is 4. The first-order valence-electron chi connectivity index (χ1n) is 10.3. The average molecular weight is 387 g/mol. The summed E-state index contributed by atoms with van der Waals surface area (Å²) in [5.41, 5.74) is 1.05. The molecule has 1 N–H and O–H groups in total. The first-order chi connectivity index (χ1) is 13.5. The minimum atomic E-state index is -0.521. The van der Waals surface area contributed by atoms with Crippen molar-refractivity contribution in [2.45, 2.75) is 71.3 Å². The number of terminal acetylenes is 1. The molecule has 0 bridgehead atoms. The molecule has 0 aliphatic heterocycles. The van der Waals surface area contributed by atoms with E-state index in [4.69, 9.17) is 11.3 Å². The Hall–Kier alpha value is -2.16. The smallest absolute Gasteiger partial charge is 0.284 e. The number of carbonyl (C=O) groups excluding carboxylic acids is 2. The molecule has 154 valence electrons. The molecule has 0 saturated carbocycles. The molecule has 0 saturated heterocycles. The molecule has 0 aliphatic rings. The third kappa shape index (κ3) is 8.24. The molecule has 2 amide bonds. The number of hydrogen-bond donors (Lipinski definition) is 1. The molecule has 0 fully saturated rings. The summed E-state index contributed by atoms with van der Waals surface area (Å²) < 4.78 is 0. The van der Waals surface area contributed by atoms with Crippen molar-refractivity contribution in [1.82, 2.24) is 10.4 Å². The van der Waals surface area contributed by atoms with Crippen LogP contribution < -0.4 is 5.32 Å². The standard InChI is InChI=1S/C23H34N2O3/c1-5-7-8-9-10-11-12-13-18-28-25(22(26)19(3)24-4)23(27)21-16-14-20(6-2)15-17-21/h2,14-17,19,24H,5,7-13,18H2,1,3-4H3. The van der Waals surface area contributed by atoms with Crippen LogP contribution in [0.3, 0.4) is 0 Å². The molecular formula is C23H34N2O3. The lowest BCUT2D eigenvalue weighted by molar-refractivity contribution is -0.172. The Labute approximate surface area is 169 Å². The summed E-state index contributed by atoms with van der Waals surface area (Å²) in [6, 6.07) is 6.06. The molecule has 28 heavy (non-hydrogen) atoms. The zero-order valence-corrected chi connectivity index (χ0v) is 17.5. The van der Waals surface area contributed by atoms with Crippen molar-refractivity contribution >= 4 is 11.8 Å². The van der Waals surface area contributed by atoms with Crippen LogP contribution in [0, 0.1) is 12.3 Å². The summed E-state index contributed by atoms with van der Waals surface area (Å²) in [7, 11) is 1.67. The van der Waals surface area contributed by atoms with Gasteiger partial charge in [0, 0.05) is 11.1 Å². The number of rotatable bonds is 13. The van der Waals surface area contributed by atoms with Crippen LogP contribution in [0.2, 0.25) is 0 Å². The largest absolute Gasteiger partial charge is 0.309 e. The monoisotopic (exact) mass is 386 g/mol. The quantitative estimate of drug-likeness (QED) is 0.312. The van der Waals surface area contributed by atoms with Crippen molar-refractivity contribution in [2.75, 3.05) is 13.7 Å². The van der Waals surface area contributed by atoms with Crippen molar-refractivity contribution < 1.29 is 14.4 Å². The van der Waals surface area contributed by atoms with E-state index in [-0.39, 0.29) is 0 Å². The van der Waals surface area contributed by atoms with Gasteiger partial charge in [-0.25, -0.2) is 0 Å². The van der Waals surface area contributed by atoms with Crippen LogP contribution in [-0.4, -0.2) is 36.6 Å². The second-order valence-electron chi connectivity index (χ2n) is 6.98. The lowest BCUT2D eigenvalue weighted by Crippen LogP contribution is -2.46. The maximum atomic E-state index is 12.8. The predicted molar refractivity (Wildman–Crippen MR) is 113 cm³/mol. The zero-order chi connectivity index (χ0) is 20.8. The van der Waals surface area contributed by atoms with Crippen LogP contribution in [0.25, 0.3) is 0 Å². The van der Waals surface area contributed by atoms with E-state index in [1.807, 2.05) is 0 Å². The van der Waals surface area contributed by atoms with Crippen molar-refractivity contribution in [3.8, 4) is 12.3 Å². The fourth-order valence-corrected chi connectivity index (χ4v) is 2.74. The van der Waals surface area contributed by atoms with Gasteiger partial charge in [0.05, 0.1) is 12.6 Å². The topological polar surface area (TPSA) is 58.6 Å². The molecule has 1 unspecified atom stereocenters. The summed E-state index contributed by atoms with van der Waals surface area (Å²) in [5.74, 6) is 1.62. The molecule has 5 nitrogen and oxygen atoms in total. The fraction of sp³-hybridized carbons (Fsp3) is 0.565. The maximum absolute atomic E-state index is 12.8. The van der Waals surface area contributed by atoms with Crippen LogP contribution in [0.15, 0.2) is 24.3 Å². The number of amides is 2. The minimum Gasteiger partial charge on any atom is -0.309 e. The van der Waals surface area contributed by atoms with Gasteiger partial charge in [-0.3, -0.25) is 14.4 Å². The van der Waals surface area contributed by atoms with Crippen LogP contribution in [0.1, 0.15) is 81.1 Å². The van der Waals surface area contributed by atoms with Crippen LogP contribution >= 0.6 is 0 Å². The number of nitrogens with zero attached hydrogens (tertiary/aromatic N) is 1. The molecule has 0 spiro atoms. The number of benzene rings is 1. The highest BCUT2D eigenvalue weighted by atomic mass is 16.7. The van der Waals surface area contributed by atoms with E-state index in [2.05, 4.69) is 18.2 Å². The maximum Gasteiger partial charge on any atom is 0.284 e. The SMILES string of the molecule is C#Cc1ccc(C(=O)N(OCCCCCCCCCC)C(=O)C(C)NC)cc1. The highest BCUT2D eigenvalue weighted by molar-refractivity contribution is 6.05. The Bertz CT molecular complexity index is 634. The van der Waals surface area contributed by atoms with Crippen LogP contribution in [-0.2, 0) is 9.63 Å². The van der Waals surface area contributed by atoms with Gasteiger partial charge in [0.25, 0.3) is 11.8 Å². The highest BCUT2D eigenvalue weighted by Gasteiger charge is 2.27. The number of likely N-dealkylation sites (N-methyl/N-ethyl adjacent to an activating group) is 1. The summed E-state index contributed by atoms with van der Waals surface area (Å²) in [6.45, 7) is 4.25. The first kappa shape index (κ1) is 23.9. The summed E-state index contributed by atoms with van der Waals surface area (Å²) in [5, 5.41) is 3.74. The van der Waals surface area contributed by atoms with Crippen molar-refractivity contribution in [2.24, 2.45) is 0 Å². The Morgan fingerprint density at radius 2 is 1.64 bits per heavy atom. The van der Waals surface area contributed by atoms with Gasteiger partial charge >= 0.3 is 0 Å². The minimum absolute atomic E-state index is 0.339. The second-order valence-corrected chi connectivity index (χ2v) is 6.98. The Balaban J connectivity index is 2.57. The van der Waals surface area contributed by atoms with E-state index < -0.39 is 17.9 Å². The van der Waals surface area contributed by atoms with Gasteiger partial charge in [-0.2, -0.15) is 0 Å². The van der Waals surface area contributed by atoms with Crippen LogP contribution in [0.4, 0.5) is 0 Å². The van der Waals surface area contributed by atoms with Crippen LogP contribution in [0.5, 0.6) is 0 Å². The Morgan fingerprint density at radius 1 is 1.07 bits per heavy atom. The summed E-state index contributed by atoms with van der Waals surface area (Å²) >= 11 is 0. The molecule has 1 atom stereocenters. The second kappa shape index (κ2) is 13.9. The van der Waals surface area contributed by atoms with Crippen molar-refractivity contribution in [3.63, 3.8) is 0 Å². The molecular weight excluding hydrogens is 352 g/mol. The van der Waals surface area contributed by atoms with E-state index >= 15 is 0 Å². The number of hydroxylamine groups is 2. The number of carbonyl (C=O) groups is 2. The van der Waals surface area contributed by atoms with Gasteiger partial charge in [0.15, 0.2) is 0 Å². The fourth-order valence-electron chi connectivity index (χ4n) is 2.74. The normalized spacial score (nSPS) is 11.6. The molecule has 5 heteroatoms. The zero-order valence-electron chi connectivity index (χ0n) is 17.5. The van der Waals surface area contributed by atoms with E-state index in [0.29, 0.717) is 17.7 Å². The van der Waals surface area contributed by atoms with Gasteiger partial charge in [0.1, 0.15) is 0 Å². The first-order valence-corrected chi connectivity index (χ1v) is 10.3. The number of nitrogens with one attached hydrogen (secondary N) is 1. The van der Waals surface area contributed by atoms with E-state index in [1.54, 1.807) is 38.2 Å². The molecule has 0 aliphatic carbocycles. The lowest BCUT2D eigenvalue weighted by Gasteiger charge is -2.23. The molecule has 0 radical (unpaired) electrons. The summed E-state index contributed by atoms with van der Waals surface area (Å²) in [6.07, 6.45) is 14.7. The van der Waals surface area contributed by atoms with Gasteiger partial charge in [-0.1, -0.05) is 57.8 Å². The van der Waals surface area contributed by atoms with Crippen molar-refractivity contribution in [1.29, 1.82) is 0 Å². The van der Waals surface area contributed by atoms with Gasteiger partial charge < -0.3 is 5.32 Å². The average Bonchev–Trinajstić information content (AvgIpc) is 2.73. The van der Waals surface area contributed by atoms with E-state index in [0.717, 1.165) is 24.3 Å². The predicted octanol–water partition coefficient (Wildman–Crippen LogP) is 4.32. The Kier molecular flexibility index (Phi) is 11.9. The van der Waals surface area contributed by atoms with Gasteiger partial charge in [-0.15, -0.1) is 11.5 Å². The molecule has 0 aromatic heterocycles. The summed E-state index contributed by atoms with van der Waals surface area (Å²) in [4.78, 5) is 30.9.